The van der Waals surface area contributed by atoms with E-state index in [9.17, 15) is 0 Å². The minimum atomic E-state index is 0.625. The standard InChI is InChI=1S/C13H20O/c1-4-11(2)12(3)10-14-13-8-6-5-7-9-13/h5-9,11-12H,4,10H2,1-3H3. The van der Waals surface area contributed by atoms with Crippen molar-refractivity contribution in [1.82, 2.24) is 0 Å². The van der Waals surface area contributed by atoms with Crippen LogP contribution in [-0.4, -0.2) is 6.61 Å². The summed E-state index contributed by atoms with van der Waals surface area (Å²) in [6.07, 6.45) is 1.22. The first-order valence-electron chi connectivity index (χ1n) is 5.42. The van der Waals surface area contributed by atoms with Gasteiger partial charge in [-0.05, 0) is 24.0 Å². The Hall–Kier alpha value is -0.980. The van der Waals surface area contributed by atoms with Gasteiger partial charge in [0.1, 0.15) is 5.75 Å². The van der Waals surface area contributed by atoms with E-state index in [1.54, 1.807) is 0 Å². The van der Waals surface area contributed by atoms with E-state index >= 15 is 0 Å². The fourth-order valence-electron chi connectivity index (χ4n) is 1.31. The summed E-state index contributed by atoms with van der Waals surface area (Å²) in [5.41, 5.74) is 0. The highest BCUT2D eigenvalue weighted by Crippen LogP contribution is 2.16. The molecular formula is C13H20O. The van der Waals surface area contributed by atoms with Gasteiger partial charge in [0.05, 0.1) is 6.61 Å². The van der Waals surface area contributed by atoms with Crippen LogP contribution >= 0.6 is 0 Å². The lowest BCUT2D eigenvalue weighted by atomic mass is 9.94. The van der Waals surface area contributed by atoms with Gasteiger partial charge in [-0.3, -0.25) is 0 Å². The molecule has 0 N–H and O–H groups in total. The minimum absolute atomic E-state index is 0.625. The lowest BCUT2D eigenvalue weighted by molar-refractivity contribution is 0.212. The molecule has 0 bridgehead atoms. The topological polar surface area (TPSA) is 9.23 Å². The fraction of sp³-hybridized carbons (Fsp3) is 0.538. The Morgan fingerprint density at radius 2 is 1.71 bits per heavy atom. The summed E-state index contributed by atoms with van der Waals surface area (Å²) in [6.45, 7) is 7.57. The van der Waals surface area contributed by atoms with Crippen LogP contribution in [0.5, 0.6) is 5.75 Å². The second-order valence-corrected chi connectivity index (χ2v) is 3.99. The maximum absolute atomic E-state index is 5.69. The minimum Gasteiger partial charge on any atom is -0.493 e. The Labute approximate surface area is 87.1 Å². The molecule has 1 heteroatoms. The average molecular weight is 192 g/mol. The van der Waals surface area contributed by atoms with Gasteiger partial charge in [-0.15, -0.1) is 0 Å². The molecule has 2 unspecified atom stereocenters. The predicted octanol–water partition coefficient (Wildman–Crippen LogP) is 3.75. The normalized spacial score (nSPS) is 14.8. The molecule has 2 atom stereocenters. The van der Waals surface area contributed by atoms with E-state index in [-0.39, 0.29) is 0 Å². The summed E-state index contributed by atoms with van der Waals surface area (Å²) in [5, 5.41) is 0. The van der Waals surface area contributed by atoms with Crippen LogP contribution < -0.4 is 4.74 Å². The molecule has 0 aliphatic rings. The molecule has 0 spiro atoms. The molecule has 0 radical (unpaired) electrons. The summed E-state index contributed by atoms with van der Waals surface area (Å²) in [5.74, 6) is 2.33. The van der Waals surface area contributed by atoms with Gasteiger partial charge in [0, 0.05) is 0 Å². The van der Waals surface area contributed by atoms with Gasteiger partial charge in [-0.1, -0.05) is 45.4 Å². The second kappa shape index (κ2) is 5.69. The third kappa shape index (κ3) is 3.41. The first-order valence-corrected chi connectivity index (χ1v) is 5.42. The predicted molar refractivity (Wildman–Crippen MR) is 60.6 cm³/mol. The Bertz CT molecular complexity index is 243. The molecule has 78 valence electrons. The van der Waals surface area contributed by atoms with Gasteiger partial charge >= 0.3 is 0 Å². The highest BCUT2D eigenvalue weighted by molar-refractivity contribution is 5.20. The molecule has 0 aliphatic carbocycles. The van der Waals surface area contributed by atoms with Crippen molar-refractivity contribution >= 4 is 0 Å². The van der Waals surface area contributed by atoms with Crippen LogP contribution in [0, 0.1) is 11.8 Å². The number of ether oxygens (including phenoxy) is 1. The van der Waals surface area contributed by atoms with Crippen molar-refractivity contribution in [2.75, 3.05) is 6.61 Å². The first kappa shape index (κ1) is 11.1. The van der Waals surface area contributed by atoms with E-state index in [1.165, 1.54) is 6.42 Å². The average Bonchev–Trinajstić information content (AvgIpc) is 2.26. The molecule has 0 amide bonds. The smallest absolute Gasteiger partial charge is 0.119 e. The first-order chi connectivity index (χ1) is 6.74. The monoisotopic (exact) mass is 192 g/mol. The number of para-hydroxylation sites is 1. The van der Waals surface area contributed by atoms with E-state index in [4.69, 9.17) is 4.74 Å². The van der Waals surface area contributed by atoms with Crippen molar-refractivity contribution in [3.05, 3.63) is 30.3 Å². The summed E-state index contributed by atoms with van der Waals surface area (Å²) < 4.78 is 5.69. The molecule has 1 nitrogen and oxygen atoms in total. The lowest BCUT2D eigenvalue weighted by Crippen LogP contribution is -2.15. The summed E-state index contributed by atoms with van der Waals surface area (Å²) in [7, 11) is 0. The molecule has 0 aromatic heterocycles. The van der Waals surface area contributed by atoms with Crippen molar-refractivity contribution < 1.29 is 4.74 Å². The molecule has 0 saturated heterocycles. The van der Waals surface area contributed by atoms with E-state index in [1.807, 2.05) is 30.3 Å². The zero-order valence-corrected chi connectivity index (χ0v) is 9.36. The molecule has 0 heterocycles. The lowest BCUT2D eigenvalue weighted by Gasteiger charge is -2.18. The van der Waals surface area contributed by atoms with Gasteiger partial charge < -0.3 is 4.74 Å². The van der Waals surface area contributed by atoms with E-state index in [2.05, 4.69) is 20.8 Å². The molecule has 0 fully saturated rings. The molecule has 14 heavy (non-hydrogen) atoms. The fourth-order valence-corrected chi connectivity index (χ4v) is 1.31. The Morgan fingerprint density at radius 1 is 1.07 bits per heavy atom. The Kier molecular flexibility index (Phi) is 4.51. The quantitative estimate of drug-likeness (QED) is 0.690. The SMILES string of the molecule is CCC(C)C(C)COc1ccccc1. The van der Waals surface area contributed by atoms with Crippen LogP contribution in [0.25, 0.3) is 0 Å². The molecule has 0 aliphatic heterocycles. The number of hydrogen-bond donors (Lipinski definition) is 0. The van der Waals surface area contributed by atoms with E-state index in [0.29, 0.717) is 5.92 Å². The zero-order chi connectivity index (χ0) is 10.4. The highest BCUT2D eigenvalue weighted by Gasteiger charge is 2.10. The van der Waals surface area contributed by atoms with Crippen molar-refractivity contribution in [1.29, 1.82) is 0 Å². The van der Waals surface area contributed by atoms with E-state index in [0.717, 1.165) is 18.3 Å². The highest BCUT2D eigenvalue weighted by atomic mass is 16.5. The van der Waals surface area contributed by atoms with Crippen LogP contribution in [0.4, 0.5) is 0 Å². The molecule has 1 aromatic rings. The van der Waals surface area contributed by atoms with Crippen LogP contribution in [-0.2, 0) is 0 Å². The van der Waals surface area contributed by atoms with Gasteiger partial charge in [0.2, 0.25) is 0 Å². The third-order valence-corrected chi connectivity index (χ3v) is 2.87. The number of benzene rings is 1. The zero-order valence-electron chi connectivity index (χ0n) is 9.36. The van der Waals surface area contributed by atoms with Crippen LogP contribution in [0.1, 0.15) is 27.2 Å². The van der Waals surface area contributed by atoms with Crippen molar-refractivity contribution in [2.45, 2.75) is 27.2 Å². The summed E-state index contributed by atoms with van der Waals surface area (Å²) in [4.78, 5) is 0. The maximum atomic E-state index is 5.69. The third-order valence-electron chi connectivity index (χ3n) is 2.87. The van der Waals surface area contributed by atoms with Gasteiger partial charge in [0.25, 0.3) is 0 Å². The summed E-state index contributed by atoms with van der Waals surface area (Å²) >= 11 is 0. The van der Waals surface area contributed by atoms with Gasteiger partial charge in [-0.2, -0.15) is 0 Å². The van der Waals surface area contributed by atoms with Crippen molar-refractivity contribution in [3.8, 4) is 5.75 Å². The van der Waals surface area contributed by atoms with Gasteiger partial charge in [0.15, 0.2) is 0 Å². The second-order valence-electron chi connectivity index (χ2n) is 3.99. The molecule has 1 rings (SSSR count). The Morgan fingerprint density at radius 3 is 2.29 bits per heavy atom. The van der Waals surface area contributed by atoms with Crippen LogP contribution in [0.15, 0.2) is 30.3 Å². The van der Waals surface area contributed by atoms with Crippen LogP contribution in [0.2, 0.25) is 0 Å². The molecule has 0 saturated carbocycles. The number of hydrogen-bond acceptors (Lipinski definition) is 1. The molecular weight excluding hydrogens is 172 g/mol. The van der Waals surface area contributed by atoms with Crippen molar-refractivity contribution in [2.24, 2.45) is 11.8 Å². The number of rotatable bonds is 5. The largest absolute Gasteiger partial charge is 0.493 e. The van der Waals surface area contributed by atoms with Crippen LogP contribution in [0.3, 0.4) is 0 Å². The maximum Gasteiger partial charge on any atom is 0.119 e. The van der Waals surface area contributed by atoms with E-state index < -0.39 is 0 Å². The summed E-state index contributed by atoms with van der Waals surface area (Å²) in [6, 6.07) is 10.0. The van der Waals surface area contributed by atoms with Crippen molar-refractivity contribution in [3.63, 3.8) is 0 Å². The molecule has 1 aromatic carbocycles. The Balaban J connectivity index is 2.34. The van der Waals surface area contributed by atoms with Gasteiger partial charge in [-0.25, -0.2) is 0 Å².